The maximum atomic E-state index is 12.2. The average molecular weight is 425 g/mol. The molecule has 0 unspecified atom stereocenters. The molecule has 0 saturated carbocycles. The van der Waals surface area contributed by atoms with Crippen LogP contribution in [0, 0.1) is 0 Å². The van der Waals surface area contributed by atoms with E-state index in [9.17, 15) is 13.2 Å². The molecule has 1 N–H and O–H groups in total. The van der Waals surface area contributed by atoms with Gasteiger partial charge in [-0.15, -0.1) is 0 Å². The molecule has 1 fully saturated rings. The molecular weight excluding hydrogens is 399 g/mol. The molecule has 0 aliphatic carbocycles. The molecule has 10 heteroatoms. The predicted molar refractivity (Wildman–Crippen MR) is 106 cm³/mol. The molecule has 0 amide bonds. The van der Waals surface area contributed by atoms with Crippen molar-refractivity contribution in [3.8, 4) is 5.75 Å². The van der Waals surface area contributed by atoms with E-state index in [2.05, 4.69) is 25.3 Å². The lowest BCUT2D eigenvalue weighted by atomic mass is 10.2. The number of nitrogens with one attached hydrogen (secondary N) is 1. The second-order valence-corrected chi connectivity index (χ2v) is 6.97. The Hall–Kier alpha value is -2.75. The van der Waals surface area contributed by atoms with Crippen LogP contribution < -0.4 is 10.1 Å². The van der Waals surface area contributed by atoms with E-state index in [4.69, 9.17) is 9.26 Å². The van der Waals surface area contributed by atoms with Gasteiger partial charge in [0, 0.05) is 45.3 Å². The van der Waals surface area contributed by atoms with Gasteiger partial charge in [0.1, 0.15) is 12.0 Å². The van der Waals surface area contributed by atoms with Crippen LogP contribution in [0.1, 0.15) is 18.2 Å². The lowest BCUT2D eigenvalue weighted by Gasteiger charge is -2.36. The number of benzene rings is 1. The van der Waals surface area contributed by atoms with Gasteiger partial charge in [0.15, 0.2) is 12.6 Å². The Kier molecular flexibility index (Phi) is 7.56. The van der Waals surface area contributed by atoms with Crippen LogP contribution in [-0.2, 0) is 13.1 Å². The zero-order valence-electron chi connectivity index (χ0n) is 16.9. The summed E-state index contributed by atoms with van der Waals surface area (Å²) in [7, 11) is 0. The Labute approximate surface area is 173 Å². The summed E-state index contributed by atoms with van der Waals surface area (Å²) in [6.07, 6.45) is -2.76. The largest absolute Gasteiger partial charge is 0.484 e. The molecular formula is C20H26F3N5O2. The zero-order valence-corrected chi connectivity index (χ0v) is 16.9. The summed E-state index contributed by atoms with van der Waals surface area (Å²) >= 11 is 0. The van der Waals surface area contributed by atoms with Crippen molar-refractivity contribution in [2.24, 2.45) is 4.99 Å². The van der Waals surface area contributed by atoms with Crippen molar-refractivity contribution in [3.63, 3.8) is 0 Å². The Bertz CT molecular complexity index is 786. The van der Waals surface area contributed by atoms with Crippen LogP contribution in [0.15, 0.2) is 46.1 Å². The molecule has 0 spiro atoms. The number of rotatable bonds is 7. The van der Waals surface area contributed by atoms with Gasteiger partial charge in [-0.05, 0) is 24.6 Å². The van der Waals surface area contributed by atoms with E-state index in [1.54, 1.807) is 18.4 Å². The number of nitrogens with zero attached hydrogens (tertiary/aromatic N) is 4. The fourth-order valence-electron chi connectivity index (χ4n) is 3.11. The Morgan fingerprint density at radius 3 is 2.50 bits per heavy atom. The van der Waals surface area contributed by atoms with Crippen molar-refractivity contribution in [2.75, 3.05) is 39.3 Å². The standard InChI is InChI=1S/C20H26F3N5O2/c1-2-24-19(28-10-8-27(9-11-28)14-17-7-12-30-26-17)25-13-16-3-5-18(6-4-16)29-15-20(21,22)23/h3-7,12H,2,8-11,13-15H2,1H3,(H,24,25). The fourth-order valence-corrected chi connectivity index (χ4v) is 3.11. The maximum absolute atomic E-state index is 12.2. The van der Waals surface area contributed by atoms with Crippen LogP contribution in [0.2, 0.25) is 0 Å². The lowest BCUT2D eigenvalue weighted by molar-refractivity contribution is -0.153. The number of piperazine rings is 1. The van der Waals surface area contributed by atoms with Gasteiger partial charge in [-0.25, -0.2) is 4.99 Å². The normalized spacial score (nSPS) is 16.0. The van der Waals surface area contributed by atoms with E-state index in [0.717, 1.165) is 56.5 Å². The molecule has 1 aromatic heterocycles. The molecule has 1 aromatic carbocycles. The van der Waals surface area contributed by atoms with Gasteiger partial charge in [-0.1, -0.05) is 17.3 Å². The number of hydrogen-bond acceptors (Lipinski definition) is 5. The first-order valence-electron chi connectivity index (χ1n) is 9.86. The summed E-state index contributed by atoms with van der Waals surface area (Å²) in [5.74, 6) is 1.02. The minimum absolute atomic E-state index is 0.190. The summed E-state index contributed by atoms with van der Waals surface area (Å²) < 4.78 is 46.3. The molecule has 30 heavy (non-hydrogen) atoms. The van der Waals surface area contributed by atoms with Crippen molar-refractivity contribution in [2.45, 2.75) is 26.2 Å². The van der Waals surface area contributed by atoms with E-state index in [1.165, 1.54) is 12.1 Å². The summed E-state index contributed by atoms with van der Waals surface area (Å²) in [4.78, 5) is 9.22. The summed E-state index contributed by atoms with van der Waals surface area (Å²) in [5.41, 5.74) is 1.82. The van der Waals surface area contributed by atoms with Crippen LogP contribution in [0.25, 0.3) is 0 Å². The van der Waals surface area contributed by atoms with Crippen molar-refractivity contribution < 1.29 is 22.4 Å². The van der Waals surface area contributed by atoms with Gasteiger partial charge < -0.3 is 19.5 Å². The molecule has 7 nitrogen and oxygen atoms in total. The molecule has 0 atom stereocenters. The smallest absolute Gasteiger partial charge is 0.422 e. The average Bonchev–Trinajstić information content (AvgIpc) is 3.23. The first-order chi connectivity index (χ1) is 14.4. The number of halogens is 3. The Balaban J connectivity index is 1.52. The van der Waals surface area contributed by atoms with Gasteiger partial charge in [0.25, 0.3) is 0 Å². The third kappa shape index (κ3) is 6.94. The summed E-state index contributed by atoms with van der Waals surface area (Å²) in [6, 6.07) is 8.40. The number of alkyl halides is 3. The van der Waals surface area contributed by atoms with E-state index in [0.29, 0.717) is 6.54 Å². The highest BCUT2D eigenvalue weighted by Gasteiger charge is 2.28. The van der Waals surface area contributed by atoms with E-state index in [-0.39, 0.29) is 5.75 Å². The van der Waals surface area contributed by atoms with Gasteiger partial charge in [0.05, 0.1) is 12.2 Å². The second-order valence-electron chi connectivity index (χ2n) is 6.97. The van der Waals surface area contributed by atoms with Gasteiger partial charge in [-0.2, -0.15) is 13.2 Å². The van der Waals surface area contributed by atoms with E-state index < -0.39 is 12.8 Å². The van der Waals surface area contributed by atoms with Crippen LogP contribution in [-0.4, -0.2) is 66.4 Å². The van der Waals surface area contributed by atoms with Gasteiger partial charge in [0.2, 0.25) is 0 Å². The van der Waals surface area contributed by atoms with Gasteiger partial charge >= 0.3 is 6.18 Å². The minimum Gasteiger partial charge on any atom is -0.484 e. The van der Waals surface area contributed by atoms with Crippen molar-refractivity contribution in [1.29, 1.82) is 0 Å². The first-order valence-corrected chi connectivity index (χ1v) is 9.86. The van der Waals surface area contributed by atoms with Crippen LogP contribution in [0.5, 0.6) is 5.75 Å². The highest BCUT2D eigenvalue weighted by atomic mass is 19.4. The SMILES string of the molecule is CCNC(=NCc1ccc(OCC(F)(F)F)cc1)N1CCN(Cc2ccon2)CC1. The van der Waals surface area contributed by atoms with Crippen molar-refractivity contribution >= 4 is 5.96 Å². The zero-order chi connectivity index (χ0) is 21.4. The maximum Gasteiger partial charge on any atom is 0.422 e. The van der Waals surface area contributed by atoms with E-state index >= 15 is 0 Å². The molecule has 1 aliphatic heterocycles. The number of ether oxygens (including phenoxy) is 1. The van der Waals surface area contributed by atoms with Crippen LogP contribution in [0.3, 0.4) is 0 Å². The first kappa shape index (κ1) is 21.9. The van der Waals surface area contributed by atoms with E-state index in [1.807, 2.05) is 13.0 Å². The predicted octanol–water partition coefficient (Wildman–Crippen LogP) is 2.90. The molecule has 2 heterocycles. The number of guanidine groups is 1. The second kappa shape index (κ2) is 10.3. The highest BCUT2D eigenvalue weighted by molar-refractivity contribution is 5.80. The molecule has 2 aromatic rings. The minimum atomic E-state index is -4.34. The molecule has 0 radical (unpaired) electrons. The molecule has 1 saturated heterocycles. The molecule has 0 bridgehead atoms. The lowest BCUT2D eigenvalue weighted by Crippen LogP contribution is -2.52. The summed E-state index contributed by atoms with van der Waals surface area (Å²) in [5, 5.41) is 7.27. The third-order valence-electron chi connectivity index (χ3n) is 4.62. The quantitative estimate of drug-likeness (QED) is 0.544. The number of aromatic nitrogens is 1. The van der Waals surface area contributed by atoms with Crippen molar-refractivity contribution in [1.82, 2.24) is 20.3 Å². The number of aliphatic imine (C=N–C) groups is 1. The fraction of sp³-hybridized carbons (Fsp3) is 0.500. The topological polar surface area (TPSA) is 66.1 Å². The molecule has 164 valence electrons. The number of hydrogen-bond donors (Lipinski definition) is 1. The molecule has 1 aliphatic rings. The van der Waals surface area contributed by atoms with Crippen LogP contribution in [0.4, 0.5) is 13.2 Å². The Morgan fingerprint density at radius 1 is 1.17 bits per heavy atom. The summed E-state index contributed by atoms with van der Waals surface area (Å²) in [6.45, 7) is 6.14. The molecule has 3 rings (SSSR count). The van der Waals surface area contributed by atoms with Crippen molar-refractivity contribution in [3.05, 3.63) is 47.9 Å². The highest BCUT2D eigenvalue weighted by Crippen LogP contribution is 2.19. The van der Waals surface area contributed by atoms with Crippen LogP contribution >= 0.6 is 0 Å². The Morgan fingerprint density at radius 2 is 1.90 bits per heavy atom. The monoisotopic (exact) mass is 425 g/mol. The third-order valence-corrected chi connectivity index (χ3v) is 4.62. The van der Waals surface area contributed by atoms with Gasteiger partial charge in [-0.3, -0.25) is 4.90 Å².